The molecule has 1 nitrogen and oxygen atoms in total. The lowest BCUT2D eigenvalue weighted by Crippen LogP contribution is -2.08. The summed E-state index contributed by atoms with van der Waals surface area (Å²) in [6.07, 6.45) is 9.06. The zero-order valence-corrected chi connectivity index (χ0v) is 12.1. The number of aryl methyl sites for hydroxylation is 1. The van der Waals surface area contributed by atoms with E-state index in [-0.39, 0.29) is 0 Å². The monoisotopic (exact) mass is 265 g/mol. The molecule has 0 aromatic heterocycles. The van der Waals surface area contributed by atoms with Gasteiger partial charge < -0.3 is 5.32 Å². The maximum atomic E-state index is 6.46. The molecule has 1 N–H and O–H groups in total. The first kappa shape index (κ1) is 13.9. The molecule has 0 atom stereocenters. The van der Waals surface area contributed by atoms with E-state index in [9.17, 15) is 0 Å². The van der Waals surface area contributed by atoms with Crippen molar-refractivity contribution in [3.63, 3.8) is 0 Å². The fourth-order valence-electron chi connectivity index (χ4n) is 2.94. The number of benzene rings is 1. The zero-order chi connectivity index (χ0) is 12.8. The third-order valence-corrected chi connectivity index (χ3v) is 4.33. The van der Waals surface area contributed by atoms with Crippen molar-refractivity contribution in [2.45, 2.75) is 50.9 Å². The standard InChI is InChI=1S/C16H24ClN/c1-18-11-5-6-13-9-10-15(16(17)12-13)14-7-3-2-4-8-14/h9-10,12,14,18H,2-8,11H2,1H3. The molecular formula is C16H24ClN. The van der Waals surface area contributed by atoms with E-state index < -0.39 is 0 Å². The van der Waals surface area contributed by atoms with Crippen molar-refractivity contribution >= 4 is 11.6 Å². The van der Waals surface area contributed by atoms with Crippen LogP contribution in [0.4, 0.5) is 0 Å². The largest absolute Gasteiger partial charge is 0.320 e. The second-order valence-electron chi connectivity index (χ2n) is 5.40. The zero-order valence-electron chi connectivity index (χ0n) is 11.3. The highest BCUT2D eigenvalue weighted by Gasteiger charge is 2.17. The number of hydrogen-bond donors (Lipinski definition) is 1. The van der Waals surface area contributed by atoms with Crippen LogP contribution < -0.4 is 5.32 Å². The predicted molar refractivity (Wildman–Crippen MR) is 79.5 cm³/mol. The van der Waals surface area contributed by atoms with Crippen LogP contribution in [0, 0.1) is 0 Å². The summed E-state index contributed by atoms with van der Waals surface area (Å²) in [7, 11) is 2.00. The summed E-state index contributed by atoms with van der Waals surface area (Å²) in [6.45, 7) is 1.07. The molecule has 0 saturated heterocycles. The van der Waals surface area contributed by atoms with E-state index in [1.54, 1.807) is 0 Å². The van der Waals surface area contributed by atoms with Crippen molar-refractivity contribution in [3.05, 3.63) is 34.3 Å². The third kappa shape index (κ3) is 3.73. The summed E-state index contributed by atoms with van der Waals surface area (Å²) < 4.78 is 0. The van der Waals surface area contributed by atoms with Gasteiger partial charge in [0.1, 0.15) is 0 Å². The lowest BCUT2D eigenvalue weighted by molar-refractivity contribution is 0.443. The highest BCUT2D eigenvalue weighted by molar-refractivity contribution is 6.31. The first-order valence-electron chi connectivity index (χ1n) is 7.24. The Morgan fingerprint density at radius 3 is 2.67 bits per heavy atom. The molecular weight excluding hydrogens is 242 g/mol. The summed E-state index contributed by atoms with van der Waals surface area (Å²) in [5, 5.41) is 4.17. The van der Waals surface area contributed by atoms with Crippen LogP contribution in [0.3, 0.4) is 0 Å². The molecule has 1 aromatic carbocycles. The minimum atomic E-state index is 0.706. The van der Waals surface area contributed by atoms with Crippen molar-refractivity contribution in [3.8, 4) is 0 Å². The van der Waals surface area contributed by atoms with Crippen molar-refractivity contribution in [1.82, 2.24) is 5.32 Å². The van der Waals surface area contributed by atoms with Gasteiger partial charge in [-0.15, -0.1) is 0 Å². The van der Waals surface area contributed by atoms with Gasteiger partial charge in [0.2, 0.25) is 0 Å². The molecule has 2 rings (SSSR count). The maximum absolute atomic E-state index is 6.46. The molecule has 0 amide bonds. The van der Waals surface area contributed by atoms with Gasteiger partial charge in [-0.25, -0.2) is 0 Å². The third-order valence-electron chi connectivity index (χ3n) is 4.00. The predicted octanol–water partition coefficient (Wildman–Crippen LogP) is 4.54. The Hall–Kier alpha value is -0.530. The Bertz CT molecular complexity index is 369. The van der Waals surface area contributed by atoms with Gasteiger partial charge in [0.05, 0.1) is 0 Å². The average molecular weight is 266 g/mol. The first-order chi connectivity index (χ1) is 8.81. The van der Waals surface area contributed by atoms with Gasteiger partial charge in [0.25, 0.3) is 0 Å². The molecule has 0 spiro atoms. The van der Waals surface area contributed by atoms with Crippen molar-refractivity contribution in [1.29, 1.82) is 0 Å². The van der Waals surface area contributed by atoms with Crippen LogP contribution in [-0.2, 0) is 6.42 Å². The van der Waals surface area contributed by atoms with Crippen LogP contribution in [0.5, 0.6) is 0 Å². The van der Waals surface area contributed by atoms with Crippen molar-refractivity contribution in [2.75, 3.05) is 13.6 Å². The van der Waals surface area contributed by atoms with Crippen LogP contribution in [0.25, 0.3) is 0 Å². The lowest BCUT2D eigenvalue weighted by atomic mass is 9.84. The van der Waals surface area contributed by atoms with Gasteiger partial charge in [-0.3, -0.25) is 0 Å². The second kappa shape index (κ2) is 7.16. The van der Waals surface area contributed by atoms with Crippen molar-refractivity contribution < 1.29 is 0 Å². The Balaban J connectivity index is 2.00. The Kier molecular flexibility index (Phi) is 5.52. The quantitative estimate of drug-likeness (QED) is 0.771. The molecule has 0 unspecified atom stereocenters. The van der Waals surface area contributed by atoms with Crippen LogP contribution >= 0.6 is 11.6 Å². The Labute approximate surface area is 116 Å². The van der Waals surface area contributed by atoms with Crippen LogP contribution in [0.15, 0.2) is 18.2 Å². The van der Waals surface area contributed by atoms with Gasteiger partial charge in [0.15, 0.2) is 0 Å². The van der Waals surface area contributed by atoms with Crippen molar-refractivity contribution in [2.24, 2.45) is 0 Å². The molecule has 100 valence electrons. The molecule has 0 bridgehead atoms. The minimum Gasteiger partial charge on any atom is -0.320 e. The number of nitrogens with one attached hydrogen (secondary N) is 1. The molecule has 2 heteroatoms. The van der Waals surface area contributed by atoms with Gasteiger partial charge in [-0.1, -0.05) is 43.0 Å². The molecule has 0 radical (unpaired) electrons. The first-order valence-corrected chi connectivity index (χ1v) is 7.62. The van der Waals surface area contributed by atoms with Crippen LogP contribution in [-0.4, -0.2) is 13.6 Å². The fourth-order valence-corrected chi connectivity index (χ4v) is 3.30. The minimum absolute atomic E-state index is 0.706. The van der Waals surface area contributed by atoms with E-state index >= 15 is 0 Å². The maximum Gasteiger partial charge on any atom is 0.0443 e. The number of rotatable bonds is 5. The fraction of sp³-hybridized carbons (Fsp3) is 0.625. The topological polar surface area (TPSA) is 12.0 Å². The molecule has 1 aromatic rings. The molecule has 0 aliphatic heterocycles. The summed E-state index contributed by atoms with van der Waals surface area (Å²) >= 11 is 6.46. The molecule has 18 heavy (non-hydrogen) atoms. The normalized spacial score (nSPS) is 17.0. The summed E-state index contributed by atoms with van der Waals surface area (Å²) in [5.74, 6) is 0.706. The second-order valence-corrected chi connectivity index (χ2v) is 5.81. The summed E-state index contributed by atoms with van der Waals surface area (Å²) in [5.41, 5.74) is 2.75. The van der Waals surface area contributed by atoms with Gasteiger partial charge in [-0.05, 0) is 62.4 Å². The highest BCUT2D eigenvalue weighted by Crippen LogP contribution is 2.36. The van der Waals surface area contributed by atoms with Crippen LogP contribution in [0.2, 0.25) is 5.02 Å². The Morgan fingerprint density at radius 2 is 2.00 bits per heavy atom. The van der Waals surface area contributed by atoms with E-state index in [1.165, 1.54) is 49.7 Å². The average Bonchev–Trinajstić information content (AvgIpc) is 2.40. The lowest BCUT2D eigenvalue weighted by Gasteiger charge is -2.23. The summed E-state index contributed by atoms with van der Waals surface area (Å²) in [6, 6.07) is 6.72. The SMILES string of the molecule is CNCCCc1ccc(C2CCCCC2)c(Cl)c1. The molecule has 1 aliphatic carbocycles. The summed E-state index contributed by atoms with van der Waals surface area (Å²) in [4.78, 5) is 0. The van der Waals surface area contributed by atoms with Gasteiger partial charge >= 0.3 is 0 Å². The molecule has 0 heterocycles. The molecule has 1 saturated carbocycles. The van der Waals surface area contributed by atoms with E-state index in [1.807, 2.05) is 7.05 Å². The number of halogens is 1. The smallest absolute Gasteiger partial charge is 0.0443 e. The van der Waals surface area contributed by atoms with E-state index in [0.29, 0.717) is 5.92 Å². The Morgan fingerprint density at radius 1 is 1.22 bits per heavy atom. The van der Waals surface area contributed by atoms with Crippen LogP contribution in [0.1, 0.15) is 55.6 Å². The van der Waals surface area contributed by atoms with E-state index in [2.05, 4.69) is 23.5 Å². The van der Waals surface area contributed by atoms with E-state index in [4.69, 9.17) is 11.6 Å². The van der Waals surface area contributed by atoms with Gasteiger partial charge in [-0.2, -0.15) is 0 Å². The molecule has 1 aliphatic rings. The van der Waals surface area contributed by atoms with E-state index in [0.717, 1.165) is 18.0 Å². The number of hydrogen-bond acceptors (Lipinski definition) is 1. The van der Waals surface area contributed by atoms with Gasteiger partial charge in [0, 0.05) is 5.02 Å². The highest BCUT2D eigenvalue weighted by atomic mass is 35.5. The molecule has 1 fully saturated rings.